The molecule has 0 saturated carbocycles. The van der Waals surface area contributed by atoms with Crippen LogP contribution in [0.15, 0.2) is 98.6 Å². The highest BCUT2D eigenvalue weighted by atomic mass is 16.5. The van der Waals surface area contributed by atoms with Gasteiger partial charge in [-0.1, -0.05) is 42.5 Å². The van der Waals surface area contributed by atoms with Gasteiger partial charge in [0.05, 0.1) is 18.4 Å². The molecule has 154 valence electrons. The standard InChI is InChI=1S/C27H17NO4/c1-30-18-12-10-16(11-13-18)20-15-22(21-14-17-6-2-4-8-23(17)32-27(21)29)28-25-19-7-3-5-9-24(19)31-26(20)25/h2-15H,1H3. The number of para-hydroxylation sites is 2. The molecule has 0 aliphatic carbocycles. The molecule has 0 spiro atoms. The lowest BCUT2D eigenvalue weighted by Gasteiger charge is -2.08. The number of nitrogens with zero attached hydrogens (tertiary/aromatic N) is 1. The van der Waals surface area contributed by atoms with E-state index in [1.165, 1.54) is 0 Å². The molecule has 5 heteroatoms. The Hall–Kier alpha value is -4.38. The molecule has 0 radical (unpaired) electrons. The largest absolute Gasteiger partial charge is 0.497 e. The highest BCUT2D eigenvalue weighted by Crippen LogP contribution is 2.37. The highest BCUT2D eigenvalue weighted by molar-refractivity contribution is 6.08. The van der Waals surface area contributed by atoms with Gasteiger partial charge in [0, 0.05) is 16.3 Å². The van der Waals surface area contributed by atoms with Crippen LogP contribution in [0.25, 0.3) is 55.4 Å². The molecule has 0 saturated heterocycles. The Labute approximate surface area is 182 Å². The molecule has 0 aliphatic rings. The van der Waals surface area contributed by atoms with E-state index in [2.05, 4.69) is 0 Å². The Morgan fingerprint density at radius 2 is 1.53 bits per heavy atom. The van der Waals surface area contributed by atoms with Crippen LogP contribution in [0.2, 0.25) is 0 Å². The van der Waals surface area contributed by atoms with Gasteiger partial charge in [-0.2, -0.15) is 0 Å². The second-order valence-corrected chi connectivity index (χ2v) is 7.54. The molecule has 3 heterocycles. The van der Waals surface area contributed by atoms with E-state index in [0.717, 1.165) is 33.2 Å². The average Bonchev–Trinajstić information content (AvgIpc) is 3.22. The Morgan fingerprint density at radius 1 is 0.781 bits per heavy atom. The third-order valence-electron chi connectivity index (χ3n) is 5.65. The van der Waals surface area contributed by atoms with Crippen LogP contribution < -0.4 is 10.4 Å². The van der Waals surface area contributed by atoms with Crippen molar-refractivity contribution < 1.29 is 13.6 Å². The van der Waals surface area contributed by atoms with Crippen LogP contribution in [-0.2, 0) is 0 Å². The topological polar surface area (TPSA) is 65.5 Å². The van der Waals surface area contributed by atoms with Crippen LogP contribution in [0.1, 0.15) is 0 Å². The third kappa shape index (κ3) is 2.87. The molecule has 0 unspecified atom stereocenters. The molecule has 0 bridgehead atoms. The number of hydrogen-bond acceptors (Lipinski definition) is 5. The van der Waals surface area contributed by atoms with Gasteiger partial charge in [-0.15, -0.1) is 0 Å². The SMILES string of the molecule is COc1ccc(-c2cc(-c3cc4ccccc4oc3=O)nc3c2oc2ccccc23)cc1. The second-order valence-electron chi connectivity index (χ2n) is 7.54. The summed E-state index contributed by atoms with van der Waals surface area (Å²) in [5.41, 5.74) is 4.96. The summed E-state index contributed by atoms with van der Waals surface area (Å²) in [6.45, 7) is 0. The number of ether oxygens (including phenoxy) is 1. The maximum atomic E-state index is 12.9. The lowest BCUT2D eigenvalue weighted by atomic mass is 10.0. The van der Waals surface area contributed by atoms with Crippen molar-refractivity contribution in [3.05, 3.63) is 95.3 Å². The minimum atomic E-state index is -0.427. The molecular formula is C27H17NO4. The van der Waals surface area contributed by atoms with Gasteiger partial charge in [0.25, 0.3) is 0 Å². The normalized spacial score (nSPS) is 11.4. The minimum absolute atomic E-state index is 0.408. The first-order chi connectivity index (χ1) is 15.7. The smallest absolute Gasteiger partial charge is 0.345 e. The van der Waals surface area contributed by atoms with Crippen LogP contribution in [0.5, 0.6) is 5.75 Å². The van der Waals surface area contributed by atoms with Crippen molar-refractivity contribution in [3.63, 3.8) is 0 Å². The Balaban J connectivity index is 1.68. The van der Waals surface area contributed by atoms with E-state index in [0.29, 0.717) is 27.9 Å². The molecule has 0 fully saturated rings. The lowest BCUT2D eigenvalue weighted by molar-refractivity contribution is 0.415. The summed E-state index contributed by atoms with van der Waals surface area (Å²) < 4.78 is 17.1. The van der Waals surface area contributed by atoms with Crippen LogP contribution in [0.4, 0.5) is 0 Å². The zero-order valence-electron chi connectivity index (χ0n) is 17.2. The fourth-order valence-corrected chi connectivity index (χ4v) is 4.04. The van der Waals surface area contributed by atoms with Gasteiger partial charge in [-0.05, 0) is 48.0 Å². The summed E-state index contributed by atoms with van der Waals surface area (Å²) in [6.07, 6.45) is 0. The number of methoxy groups -OCH3 is 1. The minimum Gasteiger partial charge on any atom is -0.497 e. The Bertz CT molecular complexity index is 1680. The highest BCUT2D eigenvalue weighted by Gasteiger charge is 2.18. The second kappa shape index (κ2) is 7.10. The number of aromatic nitrogens is 1. The van der Waals surface area contributed by atoms with Gasteiger partial charge < -0.3 is 13.6 Å². The Kier molecular flexibility index (Phi) is 4.08. The summed E-state index contributed by atoms with van der Waals surface area (Å²) in [7, 11) is 1.63. The van der Waals surface area contributed by atoms with Crippen molar-refractivity contribution in [1.82, 2.24) is 4.98 Å². The van der Waals surface area contributed by atoms with Gasteiger partial charge in [0.15, 0.2) is 5.58 Å². The van der Waals surface area contributed by atoms with Gasteiger partial charge in [0.1, 0.15) is 22.4 Å². The molecule has 0 amide bonds. The van der Waals surface area contributed by atoms with Crippen molar-refractivity contribution in [2.24, 2.45) is 0 Å². The number of rotatable bonds is 3. The monoisotopic (exact) mass is 419 g/mol. The molecular weight excluding hydrogens is 402 g/mol. The van der Waals surface area contributed by atoms with Crippen molar-refractivity contribution in [2.45, 2.75) is 0 Å². The van der Waals surface area contributed by atoms with E-state index in [4.69, 9.17) is 18.6 Å². The molecule has 3 aromatic carbocycles. The summed E-state index contributed by atoms with van der Waals surface area (Å²) in [5, 5.41) is 1.73. The predicted molar refractivity (Wildman–Crippen MR) is 125 cm³/mol. The fraction of sp³-hybridized carbons (Fsp3) is 0.0370. The van der Waals surface area contributed by atoms with E-state index in [1.807, 2.05) is 78.9 Å². The predicted octanol–water partition coefficient (Wildman–Crippen LogP) is 6.43. The number of pyridine rings is 1. The first kappa shape index (κ1) is 18.4. The number of furan rings is 1. The van der Waals surface area contributed by atoms with Crippen LogP contribution in [-0.4, -0.2) is 12.1 Å². The summed E-state index contributed by atoms with van der Waals surface area (Å²) in [5.74, 6) is 0.763. The summed E-state index contributed by atoms with van der Waals surface area (Å²) >= 11 is 0. The zero-order chi connectivity index (χ0) is 21.7. The van der Waals surface area contributed by atoms with E-state index in [-0.39, 0.29) is 0 Å². The molecule has 6 aromatic rings. The number of hydrogen-bond donors (Lipinski definition) is 0. The van der Waals surface area contributed by atoms with E-state index in [1.54, 1.807) is 13.2 Å². The zero-order valence-corrected chi connectivity index (χ0v) is 17.2. The maximum Gasteiger partial charge on any atom is 0.345 e. The van der Waals surface area contributed by atoms with Crippen LogP contribution >= 0.6 is 0 Å². The van der Waals surface area contributed by atoms with Crippen molar-refractivity contribution >= 4 is 33.0 Å². The van der Waals surface area contributed by atoms with Gasteiger partial charge in [-0.3, -0.25) is 0 Å². The molecule has 32 heavy (non-hydrogen) atoms. The van der Waals surface area contributed by atoms with Gasteiger partial charge in [-0.25, -0.2) is 9.78 Å². The van der Waals surface area contributed by atoms with Gasteiger partial charge >= 0.3 is 5.63 Å². The fourth-order valence-electron chi connectivity index (χ4n) is 4.04. The van der Waals surface area contributed by atoms with E-state index < -0.39 is 5.63 Å². The number of benzene rings is 3. The van der Waals surface area contributed by atoms with Crippen molar-refractivity contribution in [1.29, 1.82) is 0 Å². The maximum absolute atomic E-state index is 12.9. The summed E-state index contributed by atoms with van der Waals surface area (Å²) in [6, 6.07) is 26.6. The van der Waals surface area contributed by atoms with Crippen LogP contribution in [0, 0.1) is 0 Å². The van der Waals surface area contributed by atoms with E-state index >= 15 is 0 Å². The summed E-state index contributed by atoms with van der Waals surface area (Å²) in [4.78, 5) is 17.7. The van der Waals surface area contributed by atoms with Crippen LogP contribution in [0.3, 0.4) is 0 Å². The first-order valence-corrected chi connectivity index (χ1v) is 10.2. The quantitative estimate of drug-likeness (QED) is 0.309. The average molecular weight is 419 g/mol. The first-order valence-electron chi connectivity index (χ1n) is 10.2. The molecule has 6 rings (SSSR count). The Morgan fingerprint density at radius 3 is 2.34 bits per heavy atom. The van der Waals surface area contributed by atoms with Crippen molar-refractivity contribution in [3.8, 4) is 28.1 Å². The number of fused-ring (bicyclic) bond motifs is 4. The third-order valence-corrected chi connectivity index (χ3v) is 5.65. The molecule has 5 nitrogen and oxygen atoms in total. The van der Waals surface area contributed by atoms with Gasteiger partial charge in [0.2, 0.25) is 0 Å². The molecule has 3 aromatic heterocycles. The molecule has 0 atom stereocenters. The lowest BCUT2D eigenvalue weighted by Crippen LogP contribution is -2.04. The van der Waals surface area contributed by atoms with E-state index in [9.17, 15) is 4.79 Å². The molecule has 0 aliphatic heterocycles. The molecule has 0 N–H and O–H groups in total. The van der Waals surface area contributed by atoms with Crippen molar-refractivity contribution in [2.75, 3.05) is 7.11 Å².